The zero-order valence-electron chi connectivity index (χ0n) is 10.1. The highest BCUT2D eigenvalue weighted by Gasteiger charge is 2.37. The average molecular weight is 246 g/mol. The summed E-state index contributed by atoms with van der Waals surface area (Å²) in [4.78, 5) is 2.53. The lowest BCUT2D eigenvalue weighted by atomic mass is 10.1. The molecule has 0 aromatic rings. The Morgan fingerprint density at radius 1 is 1.38 bits per heavy atom. The first-order valence-corrected chi connectivity index (χ1v) is 8.19. The third kappa shape index (κ3) is 2.96. The van der Waals surface area contributed by atoms with Crippen LogP contribution >= 0.6 is 0 Å². The monoisotopic (exact) mass is 246 g/mol. The minimum Gasteiger partial charge on any atom is -0.309 e. The fourth-order valence-electron chi connectivity index (χ4n) is 3.14. The van der Waals surface area contributed by atoms with Gasteiger partial charge in [0.2, 0.25) is 0 Å². The summed E-state index contributed by atoms with van der Waals surface area (Å²) in [6.45, 7) is 4.37. The molecule has 0 bridgehead atoms. The van der Waals surface area contributed by atoms with Gasteiger partial charge in [0, 0.05) is 30.9 Å². The van der Waals surface area contributed by atoms with Crippen LogP contribution in [0, 0.1) is 0 Å². The van der Waals surface area contributed by atoms with Crippen molar-refractivity contribution in [3.63, 3.8) is 0 Å². The molecule has 16 heavy (non-hydrogen) atoms. The summed E-state index contributed by atoms with van der Waals surface area (Å²) in [5, 5.41) is 3.49. The van der Waals surface area contributed by atoms with Gasteiger partial charge in [-0.25, -0.2) is 8.42 Å². The highest BCUT2D eigenvalue weighted by molar-refractivity contribution is 7.90. The van der Waals surface area contributed by atoms with E-state index in [1.165, 1.54) is 38.6 Å². The van der Waals surface area contributed by atoms with Gasteiger partial charge in [-0.1, -0.05) is 0 Å². The molecule has 0 aromatic heterocycles. The Morgan fingerprint density at radius 3 is 2.81 bits per heavy atom. The van der Waals surface area contributed by atoms with E-state index in [4.69, 9.17) is 0 Å². The van der Waals surface area contributed by atoms with Gasteiger partial charge in [0.1, 0.15) is 9.84 Å². The Hall–Kier alpha value is -0.130. The molecule has 2 rings (SSSR count). The van der Waals surface area contributed by atoms with Gasteiger partial charge < -0.3 is 5.32 Å². The third-order valence-electron chi connectivity index (χ3n) is 3.66. The van der Waals surface area contributed by atoms with Crippen LogP contribution in [0.1, 0.15) is 26.2 Å². The summed E-state index contributed by atoms with van der Waals surface area (Å²) in [6, 6.07) is 1.22. The Kier molecular flexibility index (Phi) is 3.56. The van der Waals surface area contributed by atoms with Crippen LogP contribution in [0.15, 0.2) is 0 Å². The van der Waals surface area contributed by atoms with Crippen LogP contribution in [0.3, 0.4) is 0 Å². The van der Waals surface area contributed by atoms with E-state index in [1.54, 1.807) is 0 Å². The molecule has 2 fully saturated rings. The molecule has 0 aromatic carbocycles. The quantitative estimate of drug-likeness (QED) is 0.772. The summed E-state index contributed by atoms with van der Waals surface area (Å²) >= 11 is 0. The van der Waals surface area contributed by atoms with E-state index < -0.39 is 9.84 Å². The largest absolute Gasteiger partial charge is 0.309 e. The lowest BCUT2D eigenvalue weighted by Gasteiger charge is -2.24. The van der Waals surface area contributed by atoms with Crippen LogP contribution < -0.4 is 5.32 Å². The van der Waals surface area contributed by atoms with Gasteiger partial charge in [0.25, 0.3) is 0 Å². The summed E-state index contributed by atoms with van der Waals surface area (Å²) in [5.41, 5.74) is 0. The molecule has 0 spiro atoms. The first kappa shape index (κ1) is 12.3. The molecule has 2 saturated heterocycles. The molecule has 3 unspecified atom stereocenters. The molecular weight excluding hydrogens is 224 g/mol. The van der Waals surface area contributed by atoms with Crippen LogP contribution in [0.5, 0.6) is 0 Å². The molecule has 0 radical (unpaired) electrons. The summed E-state index contributed by atoms with van der Waals surface area (Å²) in [7, 11) is -2.86. The molecule has 2 heterocycles. The normalized spacial score (nSPS) is 32.9. The van der Waals surface area contributed by atoms with E-state index >= 15 is 0 Å². The van der Waals surface area contributed by atoms with Crippen molar-refractivity contribution in [1.29, 1.82) is 0 Å². The van der Waals surface area contributed by atoms with E-state index in [9.17, 15) is 8.42 Å². The maximum atomic E-state index is 11.2. The van der Waals surface area contributed by atoms with Gasteiger partial charge in [-0.05, 0) is 32.7 Å². The number of rotatable bonds is 4. The van der Waals surface area contributed by atoms with Crippen molar-refractivity contribution in [3.05, 3.63) is 0 Å². The molecule has 1 N–H and O–H groups in total. The molecule has 0 amide bonds. The third-order valence-corrected chi connectivity index (χ3v) is 4.76. The number of nitrogens with one attached hydrogen (secondary N) is 1. The Morgan fingerprint density at radius 2 is 2.12 bits per heavy atom. The predicted molar refractivity (Wildman–Crippen MR) is 65.3 cm³/mol. The van der Waals surface area contributed by atoms with Crippen molar-refractivity contribution in [2.45, 2.75) is 44.3 Å². The van der Waals surface area contributed by atoms with Gasteiger partial charge in [-0.2, -0.15) is 0 Å². The van der Waals surface area contributed by atoms with E-state index in [1.807, 2.05) is 6.92 Å². The van der Waals surface area contributed by atoms with Crippen LogP contribution in [0.4, 0.5) is 0 Å². The first-order chi connectivity index (χ1) is 7.46. The molecular formula is C11H22N2O2S. The molecule has 2 aliphatic rings. The zero-order valence-corrected chi connectivity index (χ0v) is 11.0. The van der Waals surface area contributed by atoms with Gasteiger partial charge in [0.15, 0.2) is 0 Å². The Balaban J connectivity index is 1.85. The minimum atomic E-state index is -2.86. The van der Waals surface area contributed by atoms with E-state index in [-0.39, 0.29) is 11.8 Å². The molecule has 5 heteroatoms. The Bertz CT molecular complexity index is 342. The molecule has 4 nitrogen and oxygen atoms in total. The van der Waals surface area contributed by atoms with Gasteiger partial charge in [-0.15, -0.1) is 0 Å². The number of hydrogen-bond donors (Lipinski definition) is 1. The molecule has 2 aliphatic heterocycles. The van der Waals surface area contributed by atoms with Crippen molar-refractivity contribution in [1.82, 2.24) is 10.2 Å². The lowest BCUT2D eigenvalue weighted by Crippen LogP contribution is -2.45. The number of fused-ring (bicyclic) bond motifs is 1. The Labute approximate surface area is 98.3 Å². The van der Waals surface area contributed by atoms with Crippen LogP contribution in [-0.2, 0) is 9.84 Å². The lowest BCUT2D eigenvalue weighted by molar-refractivity contribution is 0.293. The maximum absolute atomic E-state index is 11.2. The van der Waals surface area contributed by atoms with Crippen molar-refractivity contribution in [2.75, 3.05) is 25.1 Å². The van der Waals surface area contributed by atoms with Crippen molar-refractivity contribution in [3.8, 4) is 0 Å². The minimum absolute atomic E-state index is 0.0700. The van der Waals surface area contributed by atoms with Gasteiger partial charge in [-0.3, -0.25) is 4.90 Å². The van der Waals surface area contributed by atoms with Crippen LogP contribution in [0.2, 0.25) is 0 Å². The molecule has 0 saturated carbocycles. The second kappa shape index (κ2) is 4.63. The second-order valence-corrected chi connectivity index (χ2v) is 7.49. The SMILES string of the molecule is CC(CS(C)(=O)=O)NC1CCN2CCCC12. The zero-order chi connectivity index (χ0) is 11.8. The maximum Gasteiger partial charge on any atom is 0.148 e. The second-order valence-electron chi connectivity index (χ2n) is 5.30. The average Bonchev–Trinajstić information content (AvgIpc) is 2.66. The van der Waals surface area contributed by atoms with E-state index in [2.05, 4.69) is 10.2 Å². The van der Waals surface area contributed by atoms with Crippen molar-refractivity contribution >= 4 is 9.84 Å². The van der Waals surface area contributed by atoms with Crippen LogP contribution in [-0.4, -0.2) is 56.5 Å². The smallest absolute Gasteiger partial charge is 0.148 e. The molecule has 0 aliphatic carbocycles. The van der Waals surface area contributed by atoms with Crippen molar-refractivity contribution in [2.24, 2.45) is 0 Å². The fraction of sp³-hybridized carbons (Fsp3) is 1.00. The summed E-state index contributed by atoms with van der Waals surface area (Å²) in [6.07, 6.45) is 5.03. The first-order valence-electron chi connectivity index (χ1n) is 6.13. The predicted octanol–water partition coefficient (Wildman–Crippen LogP) is 0.246. The fourth-order valence-corrected chi connectivity index (χ4v) is 4.15. The van der Waals surface area contributed by atoms with Crippen molar-refractivity contribution < 1.29 is 8.42 Å². The van der Waals surface area contributed by atoms with Gasteiger partial charge in [0.05, 0.1) is 5.75 Å². The summed E-state index contributed by atoms with van der Waals surface area (Å²) in [5.74, 6) is 0.246. The molecule has 3 atom stereocenters. The standard InChI is InChI=1S/C11H22N2O2S/c1-9(8-16(2,14)15)12-10-5-7-13-6-3-4-11(10)13/h9-12H,3-8H2,1-2H3. The van der Waals surface area contributed by atoms with Crippen LogP contribution in [0.25, 0.3) is 0 Å². The highest BCUT2D eigenvalue weighted by Crippen LogP contribution is 2.28. The van der Waals surface area contributed by atoms with E-state index in [0.717, 1.165) is 0 Å². The van der Waals surface area contributed by atoms with Gasteiger partial charge >= 0.3 is 0 Å². The topological polar surface area (TPSA) is 49.4 Å². The number of sulfone groups is 1. The summed E-state index contributed by atoms with van der Waals surface area (Å²) < 4.78 is 22.4. The number of nitrogens with zero attached hydrogens (tertiary/aromatic N) is 1. The number of hydrogen-bond acceptors (Lipinski definition) is 4. The highest BCUT2D eigenvalue weighted by atomic mass is 32.2. The van der Waals surface area contributed by atoms with E-state index in [0.29, 0.717) is 12.1 Å². The molecule has 94 valence electrons.